The Kier molecular flexibility index (Phi) is 8.65. The standard InChI is InChI=1S/C25H47NO3Si/c1-10-13-15-16-18-20-22-21(26-23(28-20)27-12-3)19(17-14-11-2)29-30(22,24(4,5)6)25(7,8)9/h19,21H,10-18H2,1-9H3/t19-,21-/m0/s1. The largest absolute Gasteiger partial charge is 0.451 e. The first kappa shape index (κ1) is 25.4. The second kappa shape index (κ2) is 10.2. The smallest absolute Gasteiger partial charge is 0.389 e. The summed E-state index contributed by atoms with van der Waals surface area (Å²) >= 11 is 0. The summed E-state index contributed by atoms with van der Waals surface area (Å²) in [5.74, 6) is 1.12. The van der Waals surface area contributed by atoms with E-state index >= 15 is 0 Å². The Morgan fingerprint density at radius 2 is 1.53 bits per heavy atom. The topological polar surface area (TPSA) is 40.0 Å². The third-order valence-electron chi connectivity index (χ3n) is 6.59. The van der Waals surface area contributed by atoms with E-state index in [1.807, 2.05) is 6.92 Å². The molecule has 2 atom stereocenters. The molecule has 2 aliphatic rings. The van der Waals surface area contributed by atoms with E-state index in [9.17, 15) is 0 Å². The Bertz CT molecular complexity index is 613. The Morgan fingerprint density at radius 1 is 0.900 bits per heavy atom. The van der Waals surface area contributed by atoms with Gasteiger partial charge in [0, 0.05) is 11.6 Å². The van der Waals surface area contributed by atoms with E-state index in [-0.39, 0.29) is 22.2 Å². The zero-order valence-electron chi connectivity index (χ0n) is 21.2. The molecule has 0 radical (unpaired) electrons. The number of hydrogen-bond acceptors (Lipinski definition) is 4. The van der Waals surface area contributed by atoms with Crippen molar-refractivity contribution in [3.05, 3.63) is 11.0 Å². The molecule has 0 bridgehead atoms. The van der Waals surface area contributed by atoms with Crippen LogP contribution in [-0.4, -0.2) is 33.2 Å². The van der Waals surface area contributed by atoms with Crippen LogP contribution in [0.2, 0.25) is 10.1 Å². The maximum absolute atomic E-state index is 7.25. The molecule has 0 unspecified atom stereocenters. The van der Waals surface area contributed by atoms with Gasteiger partial charge in [0.25, 0.3) is 0 Å². The maximum atomic E-state index is 7.25. The monoisotopic (exact) mass is 437 g/mol. The van der Waals surface area contributed by atoms with Gasteiger partial charge in [0.15, 0.2) is 0 Å². The predicted molar refractivity (Wildman–Crippen MR) is 129 cm³/mol. The Hall–Kier alpha value is -0.813. The van der Waals surface area contributed by atoms with Gasteiger partial charge in [-0.05, 0) is 29.8 Å². The predicted octanol–water partition coefficient (Wildman–Crippen LogP) is 7.68. The number of aliphatic imine (C=N–C) groups is 1. The number of unbranched alkanes of at least 4 members (excludes halogenated alkanes) is 4. The minimum atomic E-state index is -2.40. The molecule has 0 aromatic heterocycles. The van der Waals surface area contributed by atoms with Crippen LogP contribution in [0.1, 0.15) is 114 Å². The van der Waals surface area contributed by atoms with Gasteiger partial charge in [0.1, 0.15) is 11.8 Å². The first-order valence-corrected chi connectivity index (χ1v) is 14.2. The van der Waals surface area contributed by atoms with Gasteiger partial charge in [-0.2, -0.15) is 0 Å². The molecule has 1 saturated heterocycles. The Morgan fingerprint density at radius 3 is 2.07 bits per heavy atom. The lowest BCUT2D eigenvalue weighted by atomic mass is 10.0. The molecule has 0 aliphatic carbocycles. The van der Waals surface area contributed by atoms with Crippen LogP contribution in [0.4, 0.5) is 0 Å². The summed E-state index contributed by atoms with van der Waals surface area (Å²) in [4.78, 5) is 5.01. The highest BCUT2D eigenvalue weighted by Gasteiger charge is 2.67. The number of fused-ring (bicyclic) bond motifs is 1. The van der Waals surface area contributed by atoms with E-state index in [1.54, 1.807) is 0 Å². The Labute approximate surface area is 187 Å². The number of hydrogen-bond donors (Lipinski definition) is 0. The van der Waals surface area contributed by atoms with E-state index in [1.165, 1.54) is 37.3 Å². The van der Waals surface area contributed by atoms with Crippen LogP contribution in [0.5, 0.6) is 0 Å². The number of allylic oxidation sites excluding steroid dienone is 1. The van der Waals surface area contributed by atoms with E-state index in [2.05, 4.69) is 55.4 Å². The molecule has 0 aromatic carbocycles. The van der Waals surface area contributed by atoms with Crippen LogP contribution >= 0.6 is 0 Å². The first-order chi connectivity index (χ1) is 14.0. The molecule has 0 spiro atoms. The van der Waals surface area contributed by atoms with Crippen LogP contribution in [-0.2, 0) is 13.9 Å². The van der Waals surface area contributed by atoms with Crippen molar-refractivity contribution >= 4 is 14.4 Å². The molecule has 174 valence electrons. The van der Waals surface area contributed by atoms with Crippen molar-refractivity contribution < 1.29 is 13.9 Å². The van der Waals surface area contributed by atoms with E-state index in [0.29, 0.717) is 12.7 Å². The van der Waals surface area contributed by atoms with Crippen LogP contribution in [0.3, 0.4) is 0 Å². The minimum Gasteiger partial charge on any atom is -0.451 e. The van der Waals surface area contributed by atoms with Gasteiger partial charge in [0.2, 0.25) is 8.32 Å². The highest BCUT2D eigenvalue weighted by Crippen LogP contribution is 2.62. The maximum Gasteiger partial charge on any atom is 0.389 e. The lowest BCUT2D eigenvalue weighted by Gasteiger charge is -2.49. The van der Waals surface area contributed by atoms with Gasteiger partial charge in [-0.1, -0.05) is 87.5 Å². The zero-order valence-corrected chi connectivity index (χ0v) is 22.2. The summed E-state index contributed by atoms with van der Waals surface area (Å²) in [6, 6.07) is 0.0538. The fraction of sp³-hybridized carbons (Fsp3) is 0.880. The summed E-state index contributed by atoms with van der Waals surface area (Å²) in [5.41, 5.74) is 0. The van der Waals surface area contributed by atoms with Crippen molar-refractivity contribution in [2.45, 2.75) is 136 Å². The molecule has 0 aromatic rings. The van der Waals surface area contributed by atoms with Crippen molar-refractivity contribution in [2.75, 3.05) is 6.61 Å². The van der Waals surface area contributed by atoms with Crippen LogP contribution in [0.25, 0.3) is 0 Å². The van der Waals surface area contributed by atoms with E-state index in [0.717, 1.165) is 25.0 Å². The Balaban J connectivity index is 2.60. The molecule has 30 heavy (non-hydrogen) atoms. The molecule has 2 heterocycles. The highest BCUT2D eigenvalue weighted by atomic mass is 28.4. The van der Waals surface area contributed by atoms with Crippen LogP contribution < -0.4 is 0 Å². The van der Waals surface area contributed by atoms with Crippen LogP contribution in [0, 0.1) is 0 Å². The molecule has 0 N–H and O–H groups in total. The number of nitrogens with zero attached hydrogens (tertiary/aromatic N) is 1. The summed E-state index contributed by atoms with van der Waals surface area (Å²) in [7, 11) is -2.40. The summed E-state index contributed by atoms with van der Waals surface area (Å²) in [5, 5.41) is 1.52. The molecule has 4 nitrogen and oxygen atoms in total. The molecule has 1 fully saturated rings. The van der Waals surface area contributed by atoms with Gasteiger partial charge in [0.05, 0.1) is 12.7 Å². The van der Waals surface area contributed by atoms with E-state index in [4.69, 9.17) is 18.9 Å². The molecule has 2 aliphatic heterocycles. The average molecular weight is 438 g/mol. The number of ether oxygens (including phenoxy) is 2. The second-order valence-corrected chi connectivity index (χ2v) is 16.1. The molecule has 0 saturated carbocycles. The van der Waals surface area contributed by atoms with Gasteiger partial charge in [-0.25, -0.2) is 4.99 Å². The molecular weight excluding hydrogens is 390 g/mol. The van der Waals surface area contributed by atoms with Gasteiger partial charge in [-0.15, -0.1) is 0 Å². The second-order valence-electron chi connectivity index (χ2n) is 11.0. The summed E-state index contributed by atoms with van der Waals surface area (Å²) < 4.78 is 19.4. The third-order valence-corrected chi connectivity index (χ3v) is 12.8. The van der Waals surface area contributed by atoms with Crippen LogP contribution in [0.15, 0.2) is 15.9 Å². The SMILES string of the molecule is CCCCCCC1=C2[C@@H](N=C(OCC)O1)[C@H](CCCC)O[Si]2(C(C)(C)C)C(C)(C)C. The van der Waals surface area contributed by atoms with E-state index < -0.39 is 8.32 Å². The van der Waals surface area contributed by atoms with Crippen molar-refractivity contribution in [3.63, 3.8) is 0 Å². The average Bonchev–Trinajstić information content (AvgIpc) is 2.99. The molecule has 5 heteroatoms. The van der Waals surface area contributed by atoms with Crippen molar-refractivity contribution in [1.82, 2.24) is 0 Å². The lowest BCUT2D eigenvalue weighted by molar-refractivity contribution is 0.161. The molecule has 2 rings (SSSR count). The zero-order chi connectivity index (χ0) is 22.6. The number of rotatable bonds is 9. The quantitative estimate of drug-likeness (QED) is 0.274. The van der Waals surface area contributed by atoms with Crippen molar-refractivity contribution in [1.29, 1.82) is 0 Å². The highest BCUT2D eigenvalue weighted by molar-refractivity contribution is 6.87. The van der Waals surface area contributed by atoms with Crippen molar-refractivity contribution in [3.8, 4) is 0 Å². The summed E-state index contributed by atoms with van der Waals surface area (Å²) in [6.45, 7) is 21.3. The molecular formula is C25H47NO3Si. The lowest BCUT2D eigenvalue weighted by Crippen LogP contribution is -2.55. The summed E-state index contributed by atoms with van der Waals surface area (Å²) in [6.07, 6.45) is 9.85. The van der Waals surface area contributed by atoms with Gasteiger partial charge < -0.3 is 13.9 Å². The fourth-order valence-electron chi connectivity index (χ4n) is 5.56. The third kappa shape index (κ3) is 4.98. The van der Waals surface area contributed by atoms with Gasteiger partial charge in [-0.3, -0.25) is 0 Å². The fourth-order valence-corrected chi connectivity index (χ4v) is 12.2. The van der Waals surface area contributed by atoms with Gasteiger partial charge >= 0.3 is 6.08 Å². The van der Waals surface area contributed by atoms with Crippen molar-refractivity contribution in [2.24, 2.45) is 4.99 Å². The first-order valence-electron chi connectivity index (χ1n) is 12.3. The normalized spacial score (nSPS) is 23.8. The molecule has 0 amide bonds. The minimum absolute atomic E-state index is 0.0520.